The van der Waals surface area contributed by atoms with Crippen LogP contribution in [-0.4, -0.2) is 62.3 Å². The average Bonchev–Trinajstić information content (AvgIpc) is 2.25. The number of urea groups is 1. The van der Waals surface area contributed by atoms with Crippen LogP contribution in [0, 0.1) is 0 Å². The second-order valence-electron chi connectivity index (χ2n) is 4.24. The molecule has 3 amide bonds. The summed E-state index contributed by atoms with van der Waals surface area (Å²) in [6.07, 6.45) is 0.0672. The number of morpholine rings is 1. The van der Waals surface area contributed by atoms with E-state index in [1.165, 1.54) is 0 Å². The predicted molar refractivity (Wildman–Crippen MR) is 62.4 cm³/mol. The van der Waals surface area contributed by atoms with Gasteiger partial charge in [0.15, 0.2) is 0 Å². The number of nitrogens with two attached hydrogens (primary N) is 1. The molecule has 0 aromatic heterocycles. The van der Waals surface area contributed by atoms with E-state index in [1.807, 2.05) is 12.4 Å². The lowest BCUT2D eigenvalue weighted by Crippen LogP contribution is -2.51. The van der Waals surface area contributed by atoms with Gasteiger partial charge < -0.3 is 20.7 Å². The van der Waals surface area contributed by atoms with E-state index in [9.17, 15) is 9.59 Å². The number of carbonyl (C=O) groups excluding carboxylic acids is 2. The smallest absolute Gasteiger partial charge is 0.318 e. The molecular weight excluding hydrogens is 224 g/mol. The molecule has 2 atom stereocenters. The van der Waals surface area contributed by atoms with Gasteiger partial charge in [-0.25, -0.2) is 4.79 Å². The number of carbonyl (C=O) groups is 2. The molecule has 0 saturated carbocycles. The number of hydrogen-bond donors (Lipinski definition) is 3. The largest absolute Gasteiger partial charge is 0.374 e. The van der Waals surface area contributed by atoms with Crippen molar-refractivity contribution < 1.29 is 14.3 Å². The van der Waals surface area contributed by atoms with Gasteiger partial charge in [-0.1, -0.05) is 0 Å². The van der Waals surface area contributed by atoms with Crippen molar-refractivity contribution in [1.82, 2.24) is 15.5 Å². The highest BCUT2D eigenvalue weighted by Crippen LogP contribution is 2.01. The first-order valence-electron chi connectivity index (χ1n) is 5.63. The molecule has 1 saturated heterocycles. The fourth-order valence-corrected chi connectivity index (χ4v) is 1.62. The third-order valence-corrected chi connectivity index (χ3v) is 2.63. The van der Waals surface area contributed by atoms with Gasteiger partial charge in [0.2, 0.25) is 5.91 Å². The Bertz CT molecular complexity index is 285. The maximum absolute atomic E-state index is 11.4. The van der Waals surface area contributed by atoms with E-state index in [4.69, 9.17) is 10.5 Å². The molecule has 2 unspecified atom stereocenters. The summed E-state index contributed by atoms with van der Waals surface area (Å²) in [6, 6.07) is -1.31. The van der Waals surface area contributed by atoms with Crippen LogP contribution in [0.3, 0.4) is 0 Å². The summed E-state index contributed by atoms with van der Waals surface area (Å²) in [7, 11) is 2.03. The number of nitrogens with zero attached hydrogens (tertiary/aromatic N) is 1. The van der Waals surface area contributed by atoms with Crippen LogP contribution < -0.4 is 16.4 Å². The topological polar surface area (TPSA) is 96.7 Å². The maximum Gasteiger partial charge on any atom is 0.318 e. The summed E-state index contributed by atoms with van der Waals surface area (Å²) < 4.78 is 5.53. The highest BCUT2D eigenvalue weighted by molar-refractivity contribution is 5.96. The molecule has 1 rings (SSSR count). The van der Waals surface area contributed by atoms with Crippen LogP contribution >= 0.6 is 0 Å². The summed E-state index contributed by atoms with van der Waals surface area (Å²) in [5.41, 5.74) is 4.86. The summed E-state index contributed by atoms with van der Waals surface area (Å²) >= 11 is 0. The van der Waals surface area contributed by atoms with Crippen molar-refractivity contribution in [3.8, 4) is 0 Å². The first-order chi connectivity index (χ1) is 7.99. The first-order valence-corrected chi connectivity index (χ1v) is 5.63. The molecule has 0 aromatic carbocycles. The van der Waals surface area contributed by atoms with E-state index in [2.05, 4.69) is 10.2 Å². The van der Waals surface area contributed by atoms with Crippen LogP contribution in [0.4, 0.5) is 4.79 Å². The maximum atomic E-state index is 11.4. The van der Waals surface area contributed by atoms with Gasteiger partial charge in [0.25, 0.3) is 0 Å². The van der Waals surface area contributed by atoms with Crippen molar-refractivity contribution in [3.63, 3.8) is 0 Å². The number of primary amides is 1. The predicted octanol–water partition coefficient (Wildman–Crippen LogP) is -1.51. The minimum Gasteiger partial charge on any atom is -0.374 e. The molecule has 0 aromatic rings. The highest BCUT2D eigenvalue weighted by Gasteiger charge is 2.20. The summed E-state index contributed by atoms with van der Waals surface area (Å²) in [6.45, 7) is 4.69. The second kappa shape index (κ2) is 6.53. The molecule has 17 heavy (non-hydrogen) atoms. The van der Waals surface area contributed by atoms with Gasteiger partial charge in [0.1, 0.15) is 0 Å². The SMILES string of the molecule is CC(NCC1CN(C)CCO1)C(=O)NC(N)=O. The number of amides is 3. The lowest BCUT2D eigenvalue weighted by Gasteiger charge is -2.30. The fourth-order valence-electron chi connectivity index (χ4n) is 1.62. The number of hydrogen-bond acceptors (Lipinski definition) is 5. The number of likely N-dealkylation sites (N-methyl/N-ethyl adjacent to an activating group) is 1. The molecular formula is C10H20N4O3. The second-order valence-corrected chi connectivity index (χ2v) is 4.24. The van der Waals surface area contributed by atoms with Crippen molar-refractivity contribution >= 4 is 11.9 Å². The Morgan fingerprint density at radius 3 is 2.88 bits per heavy atom. The minimum atomic E-state index is -0.836. The Morgan fingerprint density at radius 1 is 1.59 bits per heavy atom. The molecule has 0 aliphatic carbocycles. The number of rotatable bonds is 4. The van der Waals surface area contributed by atoms with E-state index in [0.29, 0.717) is 13.2 Å². The third-order valence-electron chi connectivity index (χ3n) is 2.63. The van der Waals surface area contributed by atoms with E-state index < -0.39 is 18.0 Å². The zero-order valence-corrected chi connectivity index (χ0v) is 10.2. The molecule has 4 N–H and O–H groups in total. The number of nitrogens with one attached hydrogen (secondary N) is 2. The summed E-state index contributed by atoms with van der Waals surface area (Å²) in [5, 5.41) is 5.03. The van der Waals surface area contributed by atoms with Crippen LogP contribution in [0.25, 0.3) is 0 Å². The van der Waals surface area contributed by atoms with Crippen molar-refractivity contribution in [2.75, 3.05) is 33.3 Å². The molecule has 1 heterocycles. The number of ether oxygens (including phenoxy) is 1. The summed E-state index contributed by atoms with van der Waals surface area (Å²) in [4.78, 5) is 24.0. The van der Waals surface area contributed by atoms with Crippen molar-refractivity contribution in [2.45, 2.75) is 19.1 Å². The van der Waals surface area contributed by atoms with Crippen molar-refractivity contribution in [3.05, 3.63) is 0 Å². The average molecular weight is 244 g/mol. The van der Waals surface area contributed by atoms with Gasteiger partial charge in [-0.2, -0.15) is 0 Å². The molecule has 0 bridgehead atoms. The highest BCUT2D eigenvalue weighted by atomic mass is 16.5. The summed E-state index contributed by atoms with van der Waals surface area (Å²) in [5.74, 6) is -0.429. The Labute approximate surface area is 101 Å². The third kappa shape index (κ3) is 5.12. The molecule has 7 heteroatoms. The Balaban J connectivity index is 2.24. The van der Waals surface area contributed by atoms with Crippen molar-refractivity contribution in [2.24, 2.45) is 5.73 Å². The molecule has 0 radical (unpaired) electrons. The molecule has 0 spiro atoms. The fraction of sp³-hybridized carbons (Fsp3) is 0.800. The van der Waals surface area contributed by atoms with Crippen LogP contribution in [0.1, 0.15) is 6.92 Å². The zero-order valence-electron chi connectivity index (χ0n) is 10.2. The molecule has 1 fully saturated rings. The van der Waals surface area contributed by atoms with Gasteiger partial charge >= 0.3 is 6.03 Å². The van der Waals surface area contributed by atoms with Gasteiger partial charge in [0, 0.05) is 19.6 Å². The van der Waals surface area contributed by atoms with Gasteiger partial charge in [-0.3, -0.25) is 10.1 Å². The van der Waals surface area contributed by atoms with Crippen LogP contribution in [0.5, 0.6) is 0 Å². The zero-order chi connectivity index (χ0) is 12.8. The van der Waals surface area contributed by atoms with E-state index >= 15 is 0 Å². The lowest BCUT2D eigenvalue weighted by atomic mass is 10.2. The molecule has 7 nitrogen and oxygen atoms in total. The standard InChI is InChI=1S/C10H20N4O3/c1-7(9(15)13-10(11)16)12-5-8-6-14(2)3-4-17-8/h7-8,12H,3-6H2,1-2H3,(H3,11,13,15,16). The Morgan fingerprint density at radius 2 is 2.29 bits per heavy atom. The van der Waals surface area contributed by atoms with Crippen LogP contribution in [0.15, 0.2) is 0 Å². The van der Waals surface area contributed by atoms with Crippen LogP contribution in [0.2, 0.25) is 0 Å². The Kier molecular flexibility index (Phi) is 5.33. The first kappa shape index (κ1) is 13.9. The molecule has 1 aliphatic heterocycles. The normalized spacial score (nSPS) is 23.1. The minimum absolute atomic E-state index is 0.0672. The van der Waals surface area contributed by atoms with Gasteiger partial charge in [-0.05, 0) is 14.0 Å². The van der Waals surface area contributed by atoms with Gasteiger partial charge in [0.05, 0.1) is 18.8 Å². The molecule has 1 aliphatic rings. The Hall–Kier alpha value is -1.18. The monoisotopic (exact) mass is 244 g/mol. The van der Waals surface area contributed by atoms with Crippen LogP contribution in [-0.2, 0) is 9.53 Å². The van der Waals surface area contributed by atoms with E-state index in [1.54, 1.807) is 6.92 Å². The lowest BCUT2D eigenvalue weighted by molar-refractivity contribution is -0.121. The van der Waals surface area contributed by atoms with E-state index in [0.717, 1.165) is 13.1 Å². The quantitative estimate of drug-likeness (QED) is 0.558. The van der Waals surface area contributed by atoms with Crippen molar-refractivity contribution in [1.29, 1.82) is 0 Å². The number of imide groups is 1. The molecule has 98 valence electrons. The van der Waals surface area contributed by atoms with Gasteiger partial charge in [-0.15, -0.1) is 0 Å². The van der Waals surface area contributed by atoms with E-state index in [-0.39, 0.29) is 6.10 Å².